The number of aryl methyl sites for hydroxylation is 1. The molecule has 0 atom stereocenters. The summed E-state index contributed by atoms with van der Waals surface area (Å²) >= 11 is 0. The molecule has 0 radical (unpaired) electrons. The number of hydrogen-bond acceptors (Lipinski definition) is 3. The summed E-state index contributed by atoms with van der Waals surface area (Å²) in [5.41, 5.74) is 2.31. The molecule has 5 heteroatoms. The number of benzene rings is 1. The maximum atomic E-state index is 12.5. The van der Waals surface area contributed by atoms with Crippen molar-refractivity contribution in [1.82, 2.24) is 10.3 Å². The number of carbonyl (C=O) groups is 2. The van der Waals surface area contributed by atoms with Gasteiger partial charge in [0.05, 0.1) is 0 Å². The number of unbranched alkanes of at least 4 members (excludes halogenated alkanes) is 2. The van der Waals surface area contributed by atoms with Crippen molar-refractivity contribution in [3.8, 4) is 0 Å². The molecule has 0 aliphatic carbocycles. The van der Waals surface area contributed by atoms with Crippen LogP contribution in [0.1, 0.15) is 59.7 Å². The quantitative estimate of drug-likeness (QED) is 0.718. The zero-order chi connectivity index (χ0) is 18.1. The Balaban J connectivity index is 2.04. The van der Waals surface area contributed by atoms with Crippen LogP contribution in [-0.2, 0) is 6.42 Å². The van der Waals surface area contributed by atoms with E-state index >= 15 is 0 Å². The Hall–Kier alpha value is -2.69. The topological polar surface area (TPSA) is 71.1 Å². The number of nitrogens with zero attached hydrogens (tertiary/aromatic N) is 1. The number of anilines is 1. The summed E-state index contributed by atoms with van der Waals surface area (Å²) in [6.07, 6.45) is 3.94. The number of aromatic nitrogens is 1. The average molecular weight is 339 g/mol. The minimum absolute atomic E-state index is 0.229. The van der Waals surface area contributed by atoms with Crippen molar-refractivity contribution in [3.63, 3.8) is 0 Å². The number of hydrogen-bond donors (Lipinski definition) is 2. The minimum atomic E-state index is -0.318. The van der Waals surface area contributed by atoms with E-state index < -0.39 is 0 Å². The van der Waals surface area contributed by atoms with Gasteiger partial charge >= 0.3 is 0 Å². The Bertz CT molecular complexity index is 728. The Morgan fingerprint density at radius 1 is 0.920 bits per heavy atom. The van der Waals surface area contributed by atoms with Crippen LogP contribution < -0.4 is 10.6 Å². The van der Waals surface area contributed by atoms with Crippen molar-refractivity contribution < 1.29 is 9.59 Å². The number of nitrogens with one attached hydrogen (secondary N) is 2. The summed E-state index contributed by atoms with van der Waals surface area (Å²) in [5, 5.41) is 5.71. The van der Waals surface area contributed by atoms with E-state index in [1.807, 2.05) is 31.2 Å². The molecule has 132 valence electrons. The molecule has 0 aliphatic rings. The van der Waals surface area contributed by atoms with Crippen LogP contribution in [0.4, 0.5) is 5.69 Å². The Morgan fingerprint density at radius 2 is 1.64 bits per heavy atom. The van der Waals surface area contributed by atoms with Gasteiger partial charge in [-0.1, -0.05) is 51.0 Å². The lowest BCUT2D eigenvalue weighted by Crippen LogP contribution is -2.26. The zero-order valence-corrected chi connectivity index (χ0v) is 14.8. The van der Waals surface area contributed by atoms with Gasteiger partial charge in [-0.05, 0) is 36.6 Å². The van der Waals surface area contributed by atoms with E-state index in [1.54, 1.807) is 18.2 Å². The first-order valence-electron chi connectivity index (χ1n) is 8.80. The molecule has 2 rings (SSSR count). The lowest BCUT2D eigenvalue weighted by molar-refractivity contribution is 0.0948. The van der Waals surface area contributed by atoms with Gasteiger partial charge in [-0.2, -0.15) is 0 Å². The number of para-hydroxylation sites is 1. The van der Waals surface area contributed by atoms with E-state index in [0.717, 1.165) is 36.9 Å². The second-order valence-corrected chi connectivity index (χ2v) is 5.84. The second kappa shape index (κ2) is 9.57. The van der Waals surface area contributed by atoms with Crippen LogP contribution in [0.15, 0.2) is 42.5 Å². The fourth-order valence-corrected chi connectivity index (χ4v) is 2.49. The largest absolute Gasteiger partial charge is 0.351 e. The van der Waals surface area contributed by atoms with Crippen molar-refractivity contribution in [1.29, 1.82) is 0 Å². The van der Waals surface area contributed by atoms with Crippen LogP contribution in [0.3, 0.4) is 0 Å². The fourth-order valence-electron chi connectivity index (χ4n) is 2.49. The normalized spacial score (nSPS) is 10.3. The minimum Gasteiger partial charge on any atom is -0.351 e. The third-order valence-electron chi connectivity index (χ3n) is 3.93. The summed E-state index contributed by atoms with van der Waals surface area (Å²) in [6, 6.07) is 12.6. The van der Waals surface area contributed by atoms with Gasteiger partial charge in [0.2, 0.25) is 0 Å². The molecule has 2 aromatic rings. The molecular weight excluding hydrogens is 314 g/mol. The highest BCUT2D eigenvalue weighted by Gasteiger charge is 2.13. The van der Waals surface area contributed by atoms with Crippen LogP contribution in [0.2, 0.25) is 0 Å². The molecule has 2 N–H and O–H groups in total. The van der Waals surface area contributed by atoms with Gasteiger partial charge in [-0.25, -0.2) is 4.98 Å². The zero-order valence-electron chi connectivity index (χ0n) is 14.8. The molecule has 0 aliphatic heterocycles. The number of carbonyl (C=O) groups excluding carboxylic acids is 2. The predicted octanol–water partition coefficient (Wildman–Crippen LogP) is 3.82. The first kappa shape index (κ1) is 18.6. The van der Waals surface area contributed by atoms with E-state index in [2.05, 4.69) is 22.5 Å². The van der Waals surface area contributed by atoms with Crippen molar-refractivity contribution in [2.45, 2.75) is 39.5 Å². The van der Waals surface area contributed by atoms with Crippen LogP contribution in [0.25, 0.3) is 0 Å². The highest BCUT2D eigenvalue weighted by molar-refractivity contribution is 6.04. The molecule has 0 fully saturated rings. The Morgan fingerprint density at radius 3 is 2.36 bits per heavy atom. The molecule has 0 saturated heterocycles. The first-order valence-corrected chi connectivity index (χ1v) is 8.80. The van der Waals surface area contributed by atoms with Crippen molar-refractivity contribution in [3.05, 3.63) is 59.4 Å². The third kappa shape index (κ3) is 5.41. The van der Waals surface area contributed by atoms with Crippen LogP contribution in [0, 0.1) is 0 Å². The van der Waals surface area contributed by atoms with Gasteiger partial charge in [-0.15, -0.1) is 0 Å². The molecule has 25 heavy (non-hydrogen) atoms. The van der Waals surface area contributed by atoms with Crippen molar-refractivity contribution >= 4 is 17.5 Å². The van der Waals surface area contributed by atoms with Gasteiger partial charge in [-0.3, -0.25) is 9.59 Å². The lowest BCUT2D eigenvalue weighted by Gasteiger charge is -2.10. The SMILES string of the molecule is CCCCCNC(=O)c1cccc(C(=O)Nc2ccccc2CC)n1. The molecule has 0 bridgehead atoms. The van der Waals surface area contributed by atoms with E-state index in [9.17, 15) is 9.59 Å². The average Bonchev–Trinajstić information content (AvgIpc) is 2.65. The van der Waals surface area contributed by atoms with E-state index in [0.29, 0.717) is 6.54 Å². The third-order valence-corrected chi connectivity index (χ3v) is 3.93. The number of pyridine rings is 1. The first-order chi connectivity index (χ1) is 12.2. The molecule has 2 amide bonds. The van der Waals surface area contributed by atoms with Crippen LogP contribution in [-0.4, -0.2) is 23.3 Å². The van der Waals surface area contributed by atoms with E-state index in [-0.39, 0.29) is 23.2 Å². The highest BCUT2D eigenvalue weighted by Crippen LogP contribution is 2.16. The fraction of sp³-hybridized carbons (Fsp3) is 0.350. The molecule has 1 aromatic heterocycles. The van der Waals surface area contributed by atoms with Gasteiger partial charge in [0.25, 0.3) is 11.8 Å². The molecule has 1 heterocycles. The monoisotopic (exact) mass is 339 g/mol. The molecule has 0 unspecified atom stereocenters. The molecular formula is C20H25N3O2. The summed E-state index contributed by atoms with van der Waals surface area (Å²) < 4.78 is 0. The Kier molecular flexibility index (Phi) is 7.14. The maximum Gasteiger partial charge on any atom is 0.274 e. The lowest BCUT2D eigenvalue weighted by atomic mass is 10.1. The molecule has 0 saturated carbocycles. The molecule has 5 nitrogen and oxygen atoms in total. The maximum absolute atomic E-state index is 12.5. The molecule has 1 aromatic carbocycles. The van der Waals surface area contributed by atoms with E-state index in [1.165, 1.54) is 0 Å². The molecule has 0 spiro atoms. The van der Waals surface area contributed by atoms with Gasteiger partial charge < -0.3 is 10.6 Å². The van der Waals surface area contributed by atoms with Crippen molar-refractivity contribution in [2.24, 2.45) is 0 Å². The summed E-state index contributed by atoms with van der Waals surface area (Å²) in [5.74, 6) is -0.568. The number of rotatable bonds is 8. The standard InChI is InChI=1S/C20H25N3O2/c1-3-5-8-14-21-19(24)17-12-9-13-18(22-17)20(25)23-16-11-7-6-10-15(16)4-2/h6-7,9-13H,3-5,8,14H2,1-2H3,(H,21,24)(H,23,25). The van der Waals surface area contributed by atoms with Gasteiger partial charge in [0.1, 0.15) is 11.4 Å². The van der Waals surface area contributed by atoms with Crippen molar-refractivity contribution in [2.75, 3.05) is 11.9 Å². The predicted molar refractivity (Wildman–Crippen MR) is 99.9 cm³/mol. The summed E-state index contributed by atoms with van der Waals surface area (Å²) in [7, 11) is 0. The van der Waals surface area contributed by atoms with Gasteiger partial charge in [0.15, 0.2) is 0 Å². The van der Waals surface area contributed by atoms with Crippen LogP contribution in [0.5, 0.6) is 0 Å². The summed E-state index contributed by atoms with van der Waals surface area (Å²) in [4.78, 5) is 28.8. The summed E-state index contributed by atoms with van der Waals surface area (Å²) in [6.45, 7) is 4.77. The second-order valence-electron chi connectivity index (χ2n) is 5.84. The van der Waals surface area contributed by atoms with Crippen LogP contribution >= 0.6 is 0 Å². The van der Waals surface area contributed by atoms with E-state index in [4.69, 9.17) is 0 Å². The Labute approximate surface area is 148 Å². The van der Waals surface area contributed by atoms with Gasteiger partial charge in [0, 0.05) is 12.2 Å². The number of amides is 2. The smallest absolute Gasteiger partial charge is 0.274 e. The highest BCUT2D eigenvalue weighted by atomic mass is 16.2.